The summed E-state index contributed by atoms with van der Waals surface area (Å²) in [6, 6.07) is 6.16. The Bertz CT molecular complexity index is 1440. The largest absolute Gasteiger partial charge is 0.468 e. The van der Waals surface area contributed by atoms with E-state index in [2.05, 4.69) is 0 Å². The highest BCUT2D eigenvalue weighted by Gasteiger charge is 2.71. The van der Waals surface area contributed by atoms with Gasteiger partial charge in [0.25, 0.3) is 0 Å². The lowest BCUT2D eigenvalue weighted by Crippen LogP contribution is -2.61. The Labute approximate surface area is 198 Å². The van der Waals surface area contributed by atoms with Crippen molar-refractivity contribution in [1.82, 2.24) is 0 Å². The predicted octanol–water partition coefficient (Wildman–Crippen LogP) is 3.72. The molecule has 0 saturated heterocycles. The van der Waals surface area contributed by atoms with Gasteiger partial charge in [0.05, 0.1) is 8.98 Å². The van der Waals surface area contributed by atoms with E-state index in [1.165, 1.54) is 18.2 Å². The van der Waals surface area contributed by atoms with Crippen LogP contribution in [0.2, 0.25) is 0 Å². The van der Waals surface area contributed by atoms with Crippen LogP contribution < -0.4 is 10.4 Å². The van der Waals surface area contributed by atoms with Crippen LogP contribution in [0.3, 0.4) is 0 Å². The van der Waals surface area contributed by atoms with Crippen LogP contribution in [0.5, 0.6) is 0 Å². The molecule has 4 nitrogen and oxygen atoms in total. The minimum absolute atomic E-state index is 0.0670. The van der Waals surface area contributed by atoms with Gasteiger partial charge in [0, 0.05) is 6.42 Å². The van der Waals surface area contributed by atoms with Crippen molar-refractivity contribution >= 4 is 31.8 Å². The van der Waals surface area contributed by atoms with Gasteiger partial charge >= 0.3 is 11.4 Å². The van der Waals surface area contributed by atoms with Gasteiger partial charge in [0.15, 0.2) is 9.84 Å². The summed E-state index contributed by atoms with van der Waals surface area (Å²) in [6.07, 6.45) is -3.77. The van der Waals surface area contributed by atoms with Crippen molar-refractivity contribution in [2.24, 2.45) is 11.8 Å². The van der Waals surface area contributed by atoms with Gasteiger partial charge in [-0.1, -0.05) is 29.5 Å². The SMILES string of the molecule is O=S(=O)(/C(=C1\C=c2ccccc2=C[CH-]1)S(=O)(=O)C(F)(F)C(F)(F)F)C12CC3CC(CC(F)(C3)C1)C2. The minimum Gasteiger partial charge on any atom is -0.244 e. The monoisotopic (exact) mass is 539 g/mol. The molecule has 1 aromatic rings. The van der Waals surface area contributed by atoms with E-state index in [1.54, 1.807) is 12.1 Å². The molecule has 2 unspecified atom stereocenters. The first-order valence-corrected chi connectivity index (χ1v) is 14.0. The summed E-state index contributed by atoms with van der Waals surface area (Å²) < 4.78 is 134. The number of hydrogen-bond acceptors (Lipinski definition) is 4. The van der Waals surface area contributed by atoms with E-state index < -0.39 is 69.6 Å². The van der Waals surface area contributed by atoms with E-state index in [4.69, 9.17) is 0 Å². The van der Waals surface area contributed by atoms with Gasteiger partial charge in [0.1, 0.15) is 5.67 Å². The Morgan fingerprint density at radius 2 is 1.49 bits per heavy atom. The number of alkyl halides is 6. The van der Waals surface area contributed by atoms with E-state index in [-0.39, 0.29) is 30.9 Å². The molecule has 4 fully saturated rings. The molecule has 0 amide bonds. The van der Waals surface area contributed by atoms with Crippen molar-refractivity contribution in [3.63, 3.8) is 0 Å². The minimum atomic E-state index is -6.80. The normalized spacial score (nSPS) is 33.9. The summed E-state index contributed by atoms with van der Waals surface area (Å²) in [6.45, 7) is 0. The van der Waals surface area contributed by atoms with Gasteiger partial charge in [-0.05, 0) is 43.9 Å². The maximum atomic E-state index is 15.5. The van der Waals surface area contributed by atoms with Crippen LogP contribution in [-0.2, 0) is 19.7 Å². The zero-order valence-electron chi connectivity index (χ0n) is 18.2. The molecule has 12 heteroatoms. The van der Waals surface area contributed by atoms with Crippen molar-refractivity contribution in [3.8, 4) is 0 Å². The predicted molar refractivity (Wildman–Crippen MR) is 116 cm³/mol. The molecule has 0 aromatic heterocycles. The Balaban J connectivity index is 1.79. The first-order chi connectivity index (χ1) is 16.0. The third-order valence-corrected chi connectivity index (χ3v) is 12.9. The van der Waals surface area contributed by atoms with E-state index in [9.17, 15) is 38.8 Å². The molecule has 0 heterocycles. The van der Waals surface area contributed by atoms with Crippen LogP contribution >= 0.6 is 0 Å². The Morgan fingerprint density at radius 3 is 2.03 bits per heavy atom. The van der Waals surface area contributed by atoms with E-state index in [0.29, 0.717) is 11.6 Å². The second-order valence-corrected chi connectivity index (χ2v) is 14.6. The molecule has 6 rings (SSSR count). The number of sulfone groups is 2. The molecule has 0 spiro atoms. The lowest BCUT2D eigenvalue weighted by molar-refractivity contribution is -0.240. The number of rotatable bonds is 4. The second kappa shape index (κ2) is 7.30. The third kappa shape index (κ3) is 3.49. The lowest BCUT2D eigenvalue weighted by atomic mass is 9.54. The number of hydrogen-bond donors (Lipinski definition) is 0. The second-order valence-electron chi connectivity index (χ2n) is 10.2. The summed E-state index contributed by atoms with van der Waals surface area (Å²) in [7, 11) is -12.2. The van der Waals surface area contributed by atoms with Crippen LogP contribution in [0.4, 0.5) is 26.3 Å². The van der Waals surface area contributed by atoms with E-state index in [1.807, 2.05) is 0 Å². The van der Waals surface area contributed by atoms with Crippen LogP contribution in [0.1, 0.15) is 38.5 Å². The van der Waals surface area contributed by atoms with E-state index >= 15 is 4.39 Å². The fraction of sp³-hybridized carbons (Fsp3) is 0.522. The van der Waals surface area contributed by atoms with E-state index in [0.717, 1.165) is 12.5 Å². The maximum absolute atomic E-state index is 15.5. The average molecular weight is 540 g/mol. The summed E-state index contributed by atoms with van der Waals surface area (Å²) in [4.78, 5) is 0. The summed E-state index contributed by atoms with van der Waals surface area (Å²) >= 11 is 0. The number of benzene rings is 1. The standard InChI is InChI=1S/C23H21F6O4S2/c24-20-9-14-7-15(10-20)12-21(11-14,13-20)34(30,31)19(35(32,33)23(28,29)22(25,26)27)18-6-5-16-3-1-2-4-17(16)8-18/h1-6,8,14-15H,7,9-13H2/q-1/b19-18+. The molecular weight excluding hydrogens is 518 g/mol. The van der Waals surface area contributed by atoms with Gasteiger partial charge in [-0.3, -0.25) is 0 Å². The Hall–Kier alpha value is -1.95. The van der Waals surface area contributed by atoms with Crippen molar-refractivity contribution < 1.29 is 43.2 Å². The van der Waals surface area contributed by atoms with Gasteiger partial charge < -0.3 is 0 Å². The molecule has 0 radical (unpaired) electrons. The molecule has 0 N–H and O–H groups in total. The molecule has 2 atom stereocenters. The molecular formula is C23H21F6O4S2-. The number of fused-ring (bicyclic) bond motifs is 1. The third-order valence-electron chi connectivity index (χ3n) is 7.65. The first-order valence-electron chi connectivity index (χ1n) is 11.0. The molecule has 4 bridgehead atoms. The number of allylic oxidation sites excluding steroid dienone is 1. The van der Waals surface area contributed by atoms with Crippen molar-refractivity contribution in [2.75, 3.05) is 0 Å². The highest BCUT2D eigenvalue weighted by atomic mass is 32.3. The molecule has 4 saturated carbocycles. The van der Waals surface area contributed by atoms with Crippen LogP contribution in [0.25, 0.3) is 12.2 Å². The van der Waals surface area contributed by atoms with Gasteiger partial charge in [-0.15, -0.1) is 29.4 Å². The van der Waals surface area contributed by atoms with Crippen LogP contribution in [-0.4, -0.2) is 38.7 Å². The highest BCUT2D eigenvalue weighted by Crippen LogP contribution is 2.63. The van der Waals surface area contributed by atoms with Gasteiger partial charge in [-0.25, -0.2) is 21.2 Å². The first kappa shape index (κ1) is 24.7. The van der Waals surface area contributed by atoms with Crippen molar-refractivity contribution in [2.45, 2.75) is 60.4 Å². The summed E-state index contributed by atoms with van der Waals surface area (Å²) in [5, 5.41) is -5.63. The molecule has 35 heavy (non-hydrogen) atoms. The summed E-state index contributed by atoms with van der Waals surface area (Å²) in [5.41, 5.74) is -2.72. The Morgan fingerprint density at radius 1 is 0.914 bits per heavy atom. The highest BCUT2D eigenvalue weighted by molar-refractivity contribution is 8.15. The fourth-order valence-corrected chi connectivity index (χ4v) is 11.8. The van der Waals surface area contributed by atoms with Gasteiger partial charge in [-0.2, -0.15) is 22.0 Å². The lowest BCUT2D eigenvalue weighted by Gasteiger charge is -2.58. The molecule has 5 aliphatic carbocycles. The maximum Gasteiger partial charge on any atom is 0.468 e. The van der Waals surface area contributed by atoms with Crippen molar-refractivity contribution in [3.05, 3.63) is 50.9 Å². The number of halogens is 6. The Kier molecular flexibility index (Phi) is 5.16. The smallest absolute Gasteiger partial charge is 0.244 e. The quantitative estimate of drug-likeness (QED) is 0.432. The molecule has 0 aliphatic heterocycles. The zero-order valence-corrected chi connectivity index (χ0v) is 19.8. The average Bonchev–Trinajstić information content (AvgIpc) is 2.70. The van der Waals surface area contributed by atoms with Crippen molar-refractivity contribution in [1.29, 1.82) is 0 Å². The topological polar surface area (TPSA) is 68.3 Å². The fourth-order valence-electron chi connectivity index (χ4n) is 6.62. The summed E-state index contributed by atoms with van der Waals surface area (Å²) in [5.74, 6) is -0.834. The van der Waals surface area contributed by atoms with Crippen LogP contribution in [0.15, 0.2) is 34.1 Å². The zero-order chi connectivity index (χ0) is 25.7. The molecule has 192 valence electrons. The van der Waals surface area contributed by atoms with Gasteiger partial charge in [0.2, 0.25) is 9.84 Å². The molecule has 1 aromatic carbocycles. The van der Waals surface area contributed by atoms with Crippen LogP contribution in [0, 0.1) is 18.3 Å². The molecule has 5 aliphatic rings.